The van der Waals surface area contributed by atoms with Gasteiger partial charge in [0, 0.05) is 23.7 Å². The molecule has 1 fully saturated rings. The van der Waals surface area contributed by atoms with Gasteiger partial charge in [0.1, 0.15) is 11.6 Å². The lowest BCUT2D eigenvalue weighted by molar-refractivity contribution is 0.332. The van der Waals surface area contributed by atoms with E-state index in [-0.39, 0.29) is 0 Å². The van der Waals surface area contributed by atoms with E-state index < -0.39 is 0 Å². The summed E-state index contributed by atoms with van der Waals surface area (Å²) in [6.45, 7) is 7.04. The second-order valence-corrected chi connectivity index (χ2v) is 5.94. The minimum atomic E-state index is 0.358. The Morgan fingerprint density at radius 2 is 2.05 bits per heavy atom. The van der Waals surface area contributed by atoms with Crippen molar-refractivity contribution in [3.63, 3.8) is 0 Å². The number of nitrogens with two attached hydrogens (primary N) is 1. The number of nitrogens with zero attached hydrogens (tertiary/aromatic N) is 2. The van der Waals surface area contributed by atoms with Gasteiger partial charge in [-0.3, -0.25) is 0 Å². The van der Waals surface area contributed by atoms with Crippen LogP contribution in [0.25, 0.3) is 0 Å². The van der Waals surface area contributed by atoms with E-state index in [1.165, 1.54) is 25.7 Å². The molecule has 1 saturated carbocycles. The molecular formula is C15H26N4. The fourth-order valence-corrected chi connectivity index (χ4v) is 2.79. The maximum absolute atomic E-state index is 5.88. The van der Waals surface area contributed by atoms with Crippen molar-refractivity contribution in [3.8, 4) is 0 Å². The van der Waals surface area contributed by atoms with E-state index >= 15 is 0 Å². The minimum Gasteiger partial charge on any atom is -0.367 e. The molecule has 4 heteroatoms. The first-order valence-corrected chi connectivity index (χ1v) is 7.42. The molecule has 0 radical (unpaired) electrons. The Kier molecular flexibility index (Phi) is 4.75. The van der Waals surface area contributed by atoms with Crippen LogP contribution in [0.2, 0.25) is 0 Å². The summed E-state index contributed by atoms with van der Waals surface area (Å²) in [4.78, 5) is 9.12. The highest BCUT2D eigenvalue weighted by atomic mass is 15.1. The van der Waals surface area contributed by atoms with E-state index in [0.29, 0.717) is 17.9 Å². The molecule has 1 heterocycles. The zero-order valence-corrected chi connectivity index (χ0v) is 12.3. The number of aryl methyl sites for hydroxylation is 1. The standard InChI is InChI=1S/C15H26N4/c1-10(2)15-17-11(3)8-14(19-15)18-13-7-5-4-6-12(13)9-16/h8,10,12-13H,4-7,9,16H2,1-3H3,(H,17,18,19). The first-order valence-electron chi connectivity index (χ1n) is 7.42. The summed E-state index contributed by atoms with van der Waals surface area (Å²) < 4.78 is 0. The lowest BCUT2D eigenvalue weighted by Gasteiger charge is -2.31. The Bertz CT molecular complexity index is 417. The van der Waals surface area contributed by atoms with Gasteiger partial charge >= 0.3 is 0 Å². The Morgan fingerprint density at radius 1 is 1.32 bits per heavy atom. The summed E-state index contributed by atoms with van der Waals surface area (Å²) in [6.07, 6.45) is 5.02. The van der Waals surface area contributed by atoms with Crippen molar-refractivity contribution in [3.05, 3.63) is 17.6 Å². The van der Waals surface area contributed by atoms with Gasteiger partial charge in [-0.25, -0.2) is 9.97 Å². The molecule has 1 aliphatic carbocycles. The average Bonchev–Trinajstić information content (AvgIpc) is 2.38. The third kappa shape index (κ3) is 3.66. The summed E-state index contributed by atoms with van der Waals surface area (Å²) >= 11 is 0. The molecule has 3 N–H and O–H groups in total. The third-order valence-corrected chi connectivity index (χ3v) is 3.93. The third-order valence-electron chi connectivity index (χ3n) is 3.93. The Morgan fingerprint density at radius 3 is 2.74 bits per heavy atom. The number of nitrogens with one attached hydrogen (secondary N) is 1. The van der Waals surface area contributed by atoms with E-state index in [1.54, 1.807) is 0 Å². The fourth-order valence-electron chi connectivity index (χ4n) is 2.79. The van der Waals surface area contributed by atoms with Gasteiger partial charge in [-0.15, -0.1) is 0 Å². The molecule has 0 saturated heterocycles. The molecule has 2 rings (SSSR count). The second-order valence-electron chi connectivity index (χ2n) is 5.94. The normalized spacial score (nSPS) is 23.6. The van der Waals surface area contributed by atoms with Crippen molar-refractivity contribution in [1.82, 2.24) is 9.97 Å². The Labute approximate surface area is 116 Å². The summed E-state index contributed by atoms with van der Waals surface area (Å²) in [5.74, 6) is 2.81. The van der Waals surface area contributed by atoms with Gasteiger partial charge in [0.15, 0.2) is 0 Å². The maximum Gasteiger partial charge on any atom is 0.133 e. The van der Waals surface area contributed by atoms with Crippen molar-refractivity contribution in [2.45, 2.75) is 58.4 Å². The number of hydrogen-bond acceptors (Lipinski definition) is 4. The van der Waals surface area contributed by atoms with Crippen LogP contribution in [0.1, 0.15) is 57.0 Å². The predicted molar refractivity (Wildman–Crippen MR) is 79.3 cm³/mol. The summed E-state index contributed by atoms with van der Waals surface area (Å²) in [5, 5.41) is 3.59. The lowest BCUT2D eigenvalue weighted by Crippen LogP contribution is -2.37. The molecule has 4 nitrogen and oxygen atoms in total. The molecule has 0 amide bonds. The second kappa shape index (κ2) is 6.33. The van der Waals surface area contributed by atoms with Gasteiger partial charge in [-0.05, 0) is 32.2 Å². The van der Waals surface area contributed by atoms with Gasteiger partial charge in [0.05, 0.1) is 0 Å². The topological polar surface area (TPSA) is 63.8 Å². The van der Waals surface area contributed by atoms with Crippen LogP contribution in [0.15, 0.2) is 6.07 Å². The molecule has 0 spiro atoms. The van der Waals surface area contributed by atoms with E-state index in [2.05, 4.69) is 29.1 Å². The van der Waals surface area contributed by atoms with Crippen molar-refractivity contribution in [1.29, 1.82) is 0 Å². The highest BCUT2D eigenvalue weighted by molar-refractivity contribution is 5.37. The van der Waals surface area contributed by atoms with Gasteiger partial charge in [0.2, 0.25) is 0 Å². The molecule has 1 aromatic heterocycles. The highest BCUT2D eigenvalue weighted by Gasteiger charge is 2.24. The number of anilines is 1. The molecule has 0 aromatic carbocycles. The van der Waals surface area contributed by atoms with Crippen LogP contribution in [-0.2, 0) is 0 Å². The van der Waals surface area contributed by atoms with Crippen molar-refractivity contribution < 1.29 is 0 Å². The average molecular weight is 262 g/mol. The van der Waals surface area contributed by atoms with Crippen molar-refractivity contribution in [2.75, 3.05) is 11.9 Å². The fraction of sp³-hybridized carbons (Fsp3) is 0.733. The van der Waals surface area contributed by atoms with E-state index in [9.17, 15) is 0 Å². The number of rotatable bonds is 4. The highest BCUT2D eigenvalue weighted by Crippen LogP contribution is 2.26. The number of aromatic nitrogens is 2. The minimum absolute atomic E-state index is 0.358. The zero-order valence-electron chi connectivity index (χ0n) is 12.3. The SMILES string of the molecule is Cc1cc(NC2CCCCC2CN)nc(C(C)C)n1. The molecular weight excluding hydrogens is 236 g/mol. The van der Waals surface area contributed by atoms with Crippen LogP contribution in [-0.4, -0.2) is 22.6 Å². The first-order chi connectivity index (χ1) is 9.10. The quantitative estimate of drug-likeness (QED) is 0.875. The molecule has 2 atom stereocenters. The van der Waals surface area contributed by atoms with Crippen LogP contribution < -0.4 is 11.1 Å². The van der Waals surface area contributed by atoms with Crippen molar-refractivity contribution in [2.24, 2.45) is 11.7 Å². The van der Waals surface area contributed by atoms with Crippen LogP contribution in [0, 0.1) is 12.8 Å². The summed E-state index contributed by atoms with van der Waals surface area (Å²) in [7, 11) is 0. The van der Waals surface area contributed by atoms with Crippen LogP contribution in [0.4, 0.5) is 5.82 Å². The van der Waals surface area contributed by atoms with E-state index in [1.807, 2.05) is 13.0 Å². The summed E-state index contributed by atoms with van der Waals surface area (Å²) in [5.41, 5.74) is 6.91. The van der Waals surface area contributed by atoms with Crippen molar-refractivity contribution >= 4 is 5.82 Å². The molecule has 0 aliphatic heterocycles. The van der Waals surface area contributed by atoms with Gasteiger partial charge in [-0.2, -0.15) is 0 Å². The van der Waals surface area contributed by atoms with Gasteiger partial charge < -0.3 is 11.1 Å². The molecule has 19 heavy (non-hydrogen) atoms. The molecule has 0 bridgehead atoms. The van der Waals surface area contributed by atoms with Gasteiger partial charge in [-0.1, -0.05) is 26.7 Å². The van der Waals surface area contributed by atoms with Crippen LogP contribution in [0.5, 0.6) is 0 Å². The van der Waals surface area contributed by atoms with Crippen LogP contribution >= 0.6 is 0 Å². The smallest absolute Gasteiger partial charge is 0.133 e. The summed E-state index contributed by atoms with van der Waals surface area (Å²) in [6, 6.07) is 2.50. The number of hydrogen-bond donors (Lipinski definition) is 2. The zero-order chi connectivity index (χ0) is 13.8. The molecule has 106 valence electrons. The predicted octanol–water partition coefficient (Wildman–Crippen LogP) is 2.84. The first kappa shape index (κ1) is 14.3. The monoisotopic (exact) mass is 262 g/mol. The Balaban J connectivity index is 2.13. The van der Waals surface area contributed by atoms with E-state index in [4.69, 9.17) is 5.73 Å². The maximum atomic E-state index is 5.88. The molecule has 2 unspecified atom stereocenters. The van der Waals surface area contributed by atoms with E-state index in [0.717, 1.165) is 23.9 Å². The molecule has 1 aliphatic rings. The van der Waals surface area contributed by atoms with Gasteiger partial charge in [0.25, 0.3) is 0 Å². The Hall–Kier alpha value is -1.16. The largest absolute Gasteiger partial charge is 0.367 e. The van der Waals surface area contributed by atoms with Crippen LogP contribution in [0.3, 0.4) is 0 Å². The molecule has 1 aromatic rings. The lowest BCUT2D eigenvalue weighted by atomic mass is 9.84.